The summed E-state index contributed by atoms with van der Waals surface area (Å²) in [6.07, 6.45) is 6.49. The van der Waals surface area contributed by atoms with Crippen molar-refractivity contribution < 1.29 is 13.2 Å². The summed E-state index contributed by atoms with van der Waals surface area (Å²) in [5.41, 5.74) is 1.55. The van der Waals surface area contributed by atoms with Gasteiger partial charge in [0.15, 0.2) is 17.0 Å². The molecular formula is C18H24N8O3S. The van der Waals surface area contributed by atoms with Crippen molar-refractivity contribution in [3.63, 3.8) is 0 Å². The van der Waals surface area contributed by atoms with Crippen molar-refractivity contribution in [2.45, 2.75) is 11.7 Å². The van der Waals surface area contributed by atoms with E-state index in [1.807, 2.05) is 4.57 Å². The van der Waals surface area contributed by atoms with Gasteiger partial charge in [-0.2, -0.15) is 4.31 Å². The molecule has 0 aliphatic carbocycles. The largest absolute Gasteiger partial charge is 0.383 e. The van der Waals surface area contributed by atoms with E-state index in [9.17, 15) is 8.42 Å². The fraction of sp³-hybridized carbons (Fsp3) is 0.556. The number of nitrogens with zero attached hydrogens (tertiary/aromatic N) is 8. The summed E-state index contributed by atoms with van der Waals surface area (Å²) in [7, 11) is -0.211. The third-order valence-electron chi connectivity index (χ3n) is 6.02. The lowest BCUT2D eigenvalue weighted by Crippen LogP contribution is -2.34. The van der Waals surface area contributed by atoms with Gasteiger partial charge in [0.25, 0.3) is 10.0 Å². The molecule has 2 fully saturated rings. The van der Waals surface area contributed by atoms with Crippen molar-refractivity contribution in [2.75, 3.05) is 44.8 Å². The average molecular weight is 433 g/mol. The van der Waals surface area contributed by atoms with Crippen molar-refractivity contribution >= 4 is 27.0 Å². The summed E-state index contributed by atoms with van der Waals surface area (Å²) in [5.74, 6) is 1.31. The fourth-order valence-electron chi connectivity index (χ4n) is 4.49. The summed E-state index contributed by atoms with van der Waals surface area (Å²) >= 11 is 0. The highest BCUT2D eigenvalue weighted by atomic mass is 32.2. The first-order chi connectivity index (χ1) is 14.5. The van der Waals surface area contributed by atoms with Gasteiger partial charge in [0.05, 0.1) is 12.9 Å². The number of anilines is 1. The third kappa shape index (κ3) is 3.06. The topological polar surface area (TPSA) is 111 Å². The van der Waals surface area contributed by atoms with E-state index in [-0.39, 0.29) is 17.0 Å². The Morgan fingerprint density at radius 3 is 2.53 bits per heavy atom. The highest BCUT2D eigenvalue weighted by molar-refractivity contribution is 7.89. The van der Waals surface area contributed by atoms with E-state index in [1.165, 1.54) is 6.20 Å². The van der Waals surface area contributed by atoms with E-state index in [0.717, 1.165) is 30.1 Å². The summed E-state index contributed by atoms with van der Waals surface area (Å²) in [5, 5.41) is 0.0958. The van der Waals surface area contributed by atoms with E-state index in [2.05, 4.69) is 24.8 Å². The predicted molar refractivity (Wildman–Crippen MR) is 108 cm³/mol. The molecule has 0 saturated carbocycles. The molecule has 0 spiro atoms. The van der Waals surface area contributed by atoms with Crippen molar-refractivity contribution in [1.29, 1.82) is 0 Å². The highest BCUT2D eigenvalue weighted by Gasteiger charge is 2.45. The van der Waals surface area contributed by atoms with Crippen LogP contribution in [0.4, 0.5) is 5.82 Å². The van der Waals surface area contributed by atoms with Gasteiger partial charge in [0.2, 0.25) is 5.16 Å². The molecule has 11 nitrogen and oxygen atoms in total. The molecule has 160 valence electrons. The van der Waals surface area contributed by atoms with Crippen LogP contribution in [-0.2, 0) is 28.4 Å². The van der Waals surface area contributed by atoms with Gasteiger partial charge in [0, 0.05) is 59.3 Å². The minimum atomic E-state index is -3.58. The number of hydrogen-bond donors (Lipinski definition) is 0. The van der Waals surface area contributed by atoms with Crippen LogP contribution in [0.3, 0.4) is 0 Å². The van der Waals surface area contributed by atoms with E-state index in [1.54, 1.807) is 41.9 Å². The zero-order chi connectivity index (χ0) is 20.9. The number of methoxy groups -OCH3 is 1. The Morgan fingerprint density at radius 1 is 1.10 bits per heavy atom. The van der Waals surface area contributed by atoms with Crippen LogP contribution in [0, 0.1) is 11.8 Å². The Kier molecular flexibility index (Phi) is 4.71. The number of sulfonamides is 1. The minimum Gasteiger partial charge on any atom is -0.383 e. The summed E-state index contributed by atoms with van der Waals surface area (Å²) < 4.78 is 36.1. The molecule has 0 aromatic carbocycles. The quantitative estimate of drug-likeness (QED) is 0.534. The van der Waals surface area contributed by atoms with E-state index >= 15 is 0 Å². The maximum atomic E-state index is 12.9. The predicted octanol–water partition coefficient (Wildman–Crippen LogP) is -0.0369. The standard InChI is InChI=1S/C18H24N8O3S/c1-23-4-3-19-18(23)30(27,28)26-9-13-7-25(8-14(13)10-26)17-15-16(20-11-21-17)24(12-22-15)5-6-29-2/h3-4,11-14H,5-10H2,1-2H3. The Morgan fingerprint density at radius 2 is 1.87 bits per heavy atom. The summed E-state index contributed by atoms with van der Waals surface area (Å²) in [6, 6.07) is 0. The lowest BCUT2D eigenvalue weighted by Gasteiger charge is -2.22. The van der Waals surface area contributed by atoms with Crippen LogP contribution >= 0.6 is 0 Å². The first-order valence-corrected chi connectivity index (χ1v) is 11.3. The van der Waals surface area contributed by atoms with Gasteiger partial charge in [-0.3, -0.25) is 0 Å². The third-order valence-corrected chi connectivity index (χ3v) is 7.85. The van der Waals surface area contributed by atoms with Gasteiger partial charge in [-0.25, -0.2) is 28.4 Å². The van der Waals surface area contributed by atoms with Crippen molar-refractivity contribution in [3.05, 3.63) is 25.0 Å². The van der Waals surface area contributed by atoms with E-state index in [0.29, 0.717) is 26.2 Å². The van der Waals surface area contributed by atoms with Crippen LogP contribution in [0.15, 0.2) is 30.2 Å². The SMILES string of the molecule is COCCn1cnc2c(N3CC4CN(S(=O)(=O)c5nccn5C)CC4C3)ncnc21. The Hall–Kier alpha value is -2.57. The molecule has 2 aliphatic rings. The molecule has 2 atom stereocenters. The molecular weight excluding hydrogens is 408 g/mol. The molecule has 5 heterocycles. The zero-order valence-corrected chi connectivity index (χ0v) is 17.7. The first-order valence-electron chi connectivity index (χ1n) is 9.86. The lowest BCUT2D eigenvalue weighted by atomic mass is 10.0. The zero-order valence-electron chi connectivity index (χ0n) is 16.9. The van der Waals surface area contributed by atoms with Gasteiger partial charge >= 0.3 is 0 Å². The van der Waals surface area contributed by atoms with Gasteiger partial charge in [-0.15, -0.1) is 0 Å². The molecule has 5 rings (SSSR count). The number of rotatable bonds is 6. The molecule has 2 aliphatic heterocycles. The first kappa shape index (κ1) is 19.4. The van der Waals surface area contributed by atoms with Crippen LogP contribution < -0.4 is 4.90 Å². The van der Waals surface area contributed by atoms with Crippen molar-refractivity contribution in [1.82, 2.24) is 33.4 Å². The number of imidazole rings is 2. The molecule has 2 saturated heterocycles. The minimum absolute atomic E-state index is 0.0958. The number of aromatic nitrogens is 6. The summed E-state index contributed by atoms with van der Waals surface area (Å²) in [4.78, 5) is 19.7. The van der Waals surface area contributed by atoms with Crippen LogP contribution in [0.5, 0.6) is 0 Å². The molecule has 2 unspecified atom stereocenters. The second-order valence-electron chi connectivity index (χ2n) is 7.87. The maximum absolute atomic E-state index is 12.9. The molecule has 3 aromatic rings. The maximum Gasteiger partial charge on any atom is 0.277 e. The number of hydrogen-bond acceptors (Lipinski definition) is 8. The Labute approximate surface area is 174 Å². The number of aryl methyl sites for hydroxylation is 1. The fourth-order valence-corrected chi connectivity index (χ4v) is 6.11. The van der Waals surface area contributed by atoms with E-state index in [4.69, 9.17) is 4.74 Å². The molecule has 0 amide bonds. The van der Waals surface area contributed by atoms with E-state index < -0.39 is 10.0 Å². The second-order valence-corrected chi connectivity index (χ2v) is 9.70. The van der Waals surface area contributed by atoms with Crippen LogP contribution in [0.1, 0.15) is 0 Å². The summed E-state index contributed by atoms with van der Waals surface area (Å²) in [6.45, 7) is 3.73. The average Bonchev–Trinajstić information content (AvgIpc) is 3.48. The Bertz CT molecular complexity index is 1160. The molecule has 0 N–H and O–H groups in total. The van der Waals surface area contributed by atoms with Crippen molar-refractivity contribution in [3.8, 4) is 0 Å². The van der Waals surface area contributed by atoms with Crippen LogP contribution in [-0.4, -0.2) is 81.7 Å². The molecule has 0 bridgehead atoms. The van der Waals surface area contributed by atoms with Gasteiger partial charge in [0.1, 0.15) is 6.33 Å². The molecule has 3 aromatic heterocycles. The second kappa shape index (κ2) is 7.29. The van der Waals surface area contributed by atoms with Gasteiger partial charge in [-0.05, 0) is 11.8 Å². The van der Waals surface area contributed by atoms with Gasteiger partial charge in [-0.1, -0.05) is 0 Å². The number of fused-ring (bicyclic) bond motifs is 2. The van der Waals surface area contributed by atoms with Crippen LogP contribution in [0.25, 0.3) is 11.2 Å². The Balaban J connectivity index is 1.34. The van der Waals surface area contributed by atoms with Gasteiger partial charge < -0.3 is 18.8 Å². The normalized spacial score (nSPS) is 22.3. The molecule has 12 heteroatoms. The monoisotopic (exact) mass is 432 g/mol. The molecule has 0 radical (unpaired) electrons. The highest BCUT2D eigenvalue weighted by Crippen LogP contribution is 2.36. The lowest BCUT2D eigenvalue weighted by molar-refractivity contribution is 0.188. The van der Waals surface area contributed by atoms with Crippen LogP contribution in [0.2, 0.25) is 0 Å². The van der Waals surface area contributed by atoms with Crippen molar-refractivity contribution in [2.24, 2.45) is 18.9 Å². The smallest absolute Gasteiger partial charge is 0.277 e. The molecule has 30 heavy (non-hydrogen) atoms. The number of ether oxygens (including phenoxy) is 1.